The number of carboxylic acid groups (broad SMARTS) is 1. The Hall–Kier alpha value is -3.75. The van der Waals surface area contributed by atoms with Gasteiger partial charge in [-0.05, 0) is 83.5 Å². The quantitative estimate of drug-likeness (QED) is 0.0329. The summed E-state index contributed by atoms with van der Waals surface area (Å²) in [6, 6.07) is 0. The first-order valence-corrected chi connectivity index (χ1v) is 64.4. The Balaban J connectivity index is 7.53. The third-order valence-corrected chi connectivity index (χ3v) is 30.7. The Kier molecular flexibility index (Phi) is 111. The fraction of sp³-hybridized carbons (Fsp3) is 0.945. The smallest absolute Gasteiger partial charge is 0.348 e. The summed E-state index contributed by atoms with van der Waals surface area (Å²) in [5.74, 6) is -6.74. The van der Waals surface area contributed by atoms with Crippen LogP contribution in [0.3, 0.4) is 0 Å². The van der Waals surface area contributed by atoms with E-state index in [1.807, 2.05) is 0 Å². The highest BCUT2D eigenvalue weighted by Crippen LogP contribution is 2.29. The van der Waals surface area contributed by atoms with Gasteiger partial charge in [-0.1, -0.05) is 652 Å². The maximum absolute atomic E-state index is 15.5. The number of hydrogen-bond acceptors (Lipinski definition) is 14. The molecule has 0 aromatic heterocycles. The van der Waals surface area contributed by atoms with E-state index in [9.17, 15) is 24.6 Å². The highest BCUT2D eigenvalue weighted by molar-refractivity contribution is 5.88. The molecular formula is C128H244O15. The number of esters is 6. The molecule has 0 rings (SSSR count). The zero-order valence-corrected chi connectivity index (χ0v) is 96.4. The zero-order valence-electron chi connectivity index (χ0n) is 96.4. The Bertz CT molecular complexity index is 2670. The summed E-state index contributed by atoms with van der Waals surface area (Å²) in [5.41, 5.74) is 0. The van der Waals surface area contributed by atoms with Crippen molar-refractivity contribution in [3.05, 3.63) is 0 Å². The second kappa shape index (κ2) is 114. The van der Waals surface area contributed by atoms with Crippen molar-refractivity contribution in [1.82, 2.24) is 0 Å². The molecule has 846 valence electrons. The summed E-state index contributed by atoms with van der Waals surface area (Å²) in [7, 11) is 0. The Morgan fingerprint density at radius 1 is 0.133 bits per heavy atom. The van der Waals surface area contributed by atoms with Crippen LogP contribution in [0, 0.1) is 0 Å². The molecule has 15 heteroatoms. The number of aliphatic carboxylic acids is 1. The van der Waals surface area contributed by atoms with Gasteiger partial charge in [-0.25, -0.2) is 33.6 Å². The van der Waals surface area contributed by atoms with Crippen molar-refractivity contribution in [3.8, 4) is 0 Å². The average Bonchev–Trinajstić information content (AvgIpc) is 0.854. The van der Waals surface area contributed by atoms with E-state index in [-0.39, 0.29) is 44.9 Å². The molecule has 0 aliphatic rings. The van der Waals surface area contributed by atoms with Gasteiger partial charge in [0.1, 0.15) is 0 Å². The van der Waals surface area contributed by atoms with Gasteiger partial charge in [-0.15, -0.1) is 0 Å². The number of hydrogen-bond donors (Lipinski definition) is 2. The predicted molar refractivity (Wildman–Crippen MR) is 607 cm³/mol. The largest absolute Gasteiger partial charge is 0.479 e. The molecule has 0 spiro atoms. The average molecular weight is 2020 g/mol. The van der Waals surface area contributed by atoms with Crippen LogP contribution < -0.4 is 0 Å². The second-order valence-corrected chi connectivity index (χ2v) is 44.8. The molecule has 0 aromatic carbocycles. The van der Waals surface area contributed by atoms with E-state index in [0.29, 0.717) is 44.9 Å². The van der Waals surface area contributed by atoms with Crippen LogP contribution in [-0.4, -0.2) is 94.7 Å². The highest BCUT2D eigenvalue weighted by Gasteiger charge is 2.39. The van der Waals surface area contributed by atoms with Crippen LogP contribution in [-0.2, 0) is 62.0 Å². The molecule has 0 heterocycles. The maximum atomic E-state index is 15.5. The van der Waals surface area contributed by atoms with Crippen LogP contribution in [0.2, 0.25) is 0 Å². The number of ether oxygens (including phenoxy) is 6. The van der Waals surface area contributed by atoms with E-state index in [0.717, 1.165) is 193 Å². The molecule has 0 aromatic rings. The number of carbonyl (C=O) groups is 7. The first-order valence-electron chi connectivity index (χ1n) is 64.4. The molecule has 0 fully saturated rings. The summed E-state index contributed by atoms with van der Waals surface area (Å²) in [6.07, 6.45) is 106. The van der Waals surface area contributed by atoms with Crippen LogP contribution in [0.5, 0.6) is 0 Å². The van der Waals surface area contributed by atoms with E-state index in [2.05, 4.69) is 48.5 Å². The van der Waals surface area contributed by atoms with Crippen LogP contribution in [0.25, 0.3) is 0 Å². The molecule has 0 aliphatic heterocycles. The van der Waals surface area contributed by atoms with Gasteiger partial charge < -0.3 is 38.6 Å². The van der Waals surface area contributed by atoms with Crippen molar-refractivity contribution in [1.29, 1.82) is 0 Å². The molecule has 0 radical (unpaired) electrons. The Labute approximate surface area is 886 Å². The standard InChI is InChI=1S/C128H244O15/c1-8-15-22-29-36-43-49-54-58-61-63-64-65-66-67-69-72-76-81-87-94-101-108-115(129)123(132)139-117(110-103-96-90-84-79-75-71-68-62-59-55-50-44-37-30-23-16-9-2)125(134)141-119(112-105-98-92-86-80-74-70-60-56-51-45-38-31-24-17-10-3)127(136)143-121(114-107-100-93-85-78-73-57-52-46-39-32-25-18-11-4)128(137)142-120(113-106-99-91-83-77-53-47-40-33-26-19-12-5)126(135)140-118(111-104-97-89-82-48-41-34-27-20-13-6)124(133)138-116(122(130)131)109-102-95-88-42-35-28-21-14-7/h115-121,129H,8-114H2,1-7H3,(H,130,131). The van der Waals surface area contributed by atoms with E-state index in [1.165, 1.54) is 405 Å². The van der Waals surface area contributed by atoms with Gasteiger partial charge in [0.05, 0.1) is 0 Å². The van der Waals surface area contributed by atoms with Gasteiger partial charge in [-0.2, -0.15) is 0 Å². The molecule has 0 saturated carbocycles. The Morgan fingerprint density at radius 3 is 0.343 bits per heavy atom. The number of carbonyl (C=O) groups excluding carboxylic acids is 6. The molecule has 15 nitrogen and oxygen atoms in total. The first kappa shape index (κ1) is 139. The van der Waals surface area contributed by atoms with Crippen molar-refractivity contribution in [2.45, 2.75) is 778 Å². The van der Waals surface area contributed by atoms with Crippen molar-refractivity contribution in [3.63, 3.8) is 0 Å². The summed E-state index contributed by atoms with van der Waals surface area (Å²) in [4.78, 5) is 103. The zero-order chi connectivity index (χ0) is 104. The van der Waals surface area contributed by atoms with Gasteiger partial charge in [0, 0.05) is 0 Å². The van der Waals surface area contributed by atoms with E-state index < -0.39 is 84.5 Å². The first-order chi connectivity index (χ1) is 70.2. The second-order valence-electron chi connectivity index (χ2n) is 44.8. The van der Waals surface area contributed by atoms with Crippen molar-refractivity contribution >= 4 is 41.8 Å². The molecular weight excluding hydrogens is 1780 g/mol. The normalized spacial score (nSPS) is 13.1. The molecule has 143 heavy (non-hydrogen) atoms. The van der Waals surface area contributed by atoms with Gasteiger partial charge in [0.25, 0.3) is 0 Å². The number of unbranched alkanes of at least 4 members (excludes halogenated alkanes) is 93. The number of aliphatic hydroxyl groups excluding tert-OH is 1. The van der Waals surface area contributed by atoms with Gasteiger partial charge in [0.2, 0.25) is 0 Å². The minimum absolute atomic E-state index is 0.0723. The maximum Gasteiger partial charge on any atom is 0.348 e. The van der Waals surface area contributed by atoms with Gasteiger partial charge in [-0.3, -0.25) is 0 Å². The number of aliphatic hydroxyl groups is 1. The van der Waals surface area contributed by atoms with Crippen molar-refractivity contribution in [2.24, 2.45) is 0 Å². The number of rotatable bonds is 120. The molecule has 0 bridgehead atoms. The van der Waals surface area contributed by atoms with Gasteiger partial charge in [0.15, 0.2) is 42.7 Å². The predicted octanol–water partition coefficient (Wildman–Crippen LogP) is 40.8. The van der Waals surface area contributed by atoms with Gasteiger partial charge >= 0.3 is 41.8 Å². The lowest BCUT2D eigenvalue weighted by Crippen LogP contribution is -2.42. The van der Waals surface area contributed by atoms with E-state index in [4.69, 9.17) is 28.4 Å². The third kappa shape index (κ3) is 97.5. The monoisotopic (exact) mass is 2020 g/mol. The van der Waals surface area contributed by atoms with Crippen LogP contribution in [0.4, 0.5) is 0 Å². The third-order valence-electron chi connectivity index (χ3n) is 30.7. The topological polar surface area (TPSA) is 215 Å². The van der Waals surface area contributed by atoms with E-state index >= 15 is 19.2 Å². The fourth-order valence-corrected chi connectivity index (χ4v) is 20.8. The lowest BCUT2D eigenvalue weighted by molar-refractivity contribution is -0.192. The van der Waals surface area contributed by atoms with Crippen LogP contribution >= 0.6 is 0 Å². The minimum Gasteiger partial charge on any atom is -0.479 e. The molecule has 7 atom stereocenters. The molecule has 7 unspecified atom stereocenters. The lowest BCUT2D eigenvalue weighted by atomic mass is 10.0. The Morgan fingerprint density at radius 2 is 0.224 bits per heavy atom. The molecule has 0 aliphatic carbocycles. The lowest BCUT2D eigenvalue weighted by Gasteiger charge is -2.26. The SMILES string of the molecule is CCCCCCCCCCCCCCCCCCCCCCCCC(O)C(=O)OC(CCCCCCCCCCCCCCCCCCCC)C(=O)OC(CCCCCCCCCCCCCCCCCC)C(=O)OC(CCCCCCCCCCCCCCCC)C(=O)OC(CCCCCCCCCCCCCC)C(=O)OC(CCCCCCCCCCCC)C(=O)OC(CCCCCCCCCC)C(=O)O. The molecule has 0 saturated heterocycles. The summed E-state index contributed by atoms with van der Waals surface area (Å²) < 4.78 is 37.5. The summed E-state index contributed by atoms with van der Waals surface area (Å²) in [5, 5.41) is 22.1. The van der Waals surface area contributed by atoms with Crippen LogP contribution in [0.1, 0.15) is 735 Å². The van der Waals surface area contributed by atoms with Crippen molar-refractivity contribution < 1.29 is 72.2 Å². The summed E-state index contributed by atoms with van der Waals surface area (Å²) in [6.45, 7) is 15.8. The highest BCUT2D eigenvalue weighted by atomic mass is 16.7. The molecule has 0 amide bonds. The summed E-state index contributed by atoms with van der Waals surface area (Å²) >= 11 is 0. The molecule has 2 N–H and O–H groups in total. The van der Waals surface area contributed by atoms with Crippen molar-refractivity contribution in [2.75, 3.05) is 0 Å². The van der Waals surface area contributed by atoms with Crippen LogP contribution in [0.15, 0.2) is 0 Å². The minimum atomic E-state index is -1.52. The fourth-order valence-electron chi connectivity index (χ4n) is 20.8. The van der Waals surface area contributed by atoms with E-state index in [1.54, 1.807) is 0 Å². The number of carboxylic acids is 1.